The summed E-state index contributed by atoms with van der Waals surface area (Å²) in [5.41, 5.74) is 3.15. The van der Waals surface area contributed by atoms with Crippen molar-refractivity contribution in [2.24, 2.45) is 0 Å². The highest BCUT2D eigenvalue weighted by atomic mass is 16.5. The number of nitrogens with zero attached hydrogens (tertiary/aromatic N) is 2. The number of aromatic nitrogens is 1. The van der Waals surface area contributed by atoms with Gasteiger partial charge in [-0.15, -0.1) is 0 Å². The van der Waals surface area contributed by atoms with Gasteiger partial charge in [0.25, 0.3) is 11.8 Å². The molecule has 3 N–H and O–H groups in total. The van der Waals surface area contributed by atoms with Gasteiger partial charge in [0.1, 0.15) is 17.7 Å². The van der Waals surface area contributed by atoms with Crippen LogP contribution in [0.25, 0.3) is 0 Å². The third-order valence-electron chi connectivity index (χ3n) is 6.79. The number of carbonyl (C=O) groups excluding carboxylic acids is 2. The molecule has 198 valence electrons. The van der Waals surface area contributed by atoms with Crippen LogP contribution in [0, 0.1) is 6.92 Å². The minimum absolute atomic E-state index is 0.203. The lowest BCUT2D eigenvalue weighted by molar-refractivity contribution is 0.101. The normalized spacial score (nSPS) is 16.1. The Balaban J connectivity index is 1.22. The van der Waals surface area contributed by atoms with Crippen LogP contribution in [0.5, 0.6) is 5.75 Å². The number of hydrogen-bond acceptors (Lipinski definition) is 7. The Morgan fingerprint density at radius 1 is 0.947 bits per heavy atom. The Morgan fingerprint density at radius 2 is 1.68 bits per heavy atom. The maximum absolute atomic E-state index is 13.0. The fraction of sp³-hybridized carbons (Fsp3) is 0.345. The lowest BCUT2D eigenvalue weighted by atomic mass is 10.1. The largest absolute Gasteiger partial charge is 0.490 e. The van der Waals surface area contributed by atoms with E-state index >= 15 is 0 Å². The van der Waals surface area contributed by atoms with Crippen LogP contribution in [0.3, 0.4) is 0 Å². The van der Waals surface area contributed by atoms with E-state index < -0.39 is 0 Å². The molecule has 3 aromatic rings. The van der Waals surface area contributed by atoms with E-state index in [1.54, 1.807) is 36.5 Å². The summed E-state index contributed by atoms with van der Waals surface area (Å²) in [4.78, 5) is 32.4. The molecule has 2 saturated heterocycles. The molecular weight excluding hydrogens is 482 g/mol. The highest BCUT2D eigenvalue weighted by Crippen LogP contribution is 2.23. The minimum atomic E-state index is -0.243. The van der Waals surface area contributed by atoms with Gasteiger partial charge in [0.2, 0.25) is 0 Å². The first-order valence-electron chi connectivity index (χ1n) is 13.0. The quantitative estimate of drug-likeness (QED) is 0.439. The van der Waals surface area contributed by atoms with Crippen LogP contribution in [0.1, 0.15) is 39.1 Å². The average molecular weight is 516 g/mol. The van der Waals surface area contributed by atoms with Crippen LogP contribution < -0.4 is 25.6 Å². The minimum Gasteiger partial charge on any atom is -0.490 e. The molecule has 38 heavy (non-hydrogen) atoms. The Hall–Kier alpha value is -3.95. The summed E-state index contributed by atoms with van der Waals surface area (Å²) in [5, 5.41) is 9.22. The predicted molar refractivity (Wildman–Crippen MR) is 147 cm³/mol. The van der Waals surface area contributed by atoms with E-state index in [0.717, 1.165) is 56.2 Å². The third kappa shape index (κ3) is 6.48. The number of amides is 2. The van der Waals surface area contributed by atoms with Gasteiger partial charge in [-0.05, 0) is 86.9 Å². The van der Waals surface area contributed by atoms with Crippen molar-refractivity contribution >= 4 is 29.0 Å². The zero-order chi connectivity index (χ0) is 26.3. The maximum Gasteiger partial charge on any atom is 0.255 e. The molecule has 9 nitrogen and oxygen atoms in total. The fourth-order valence-electron chi connectivity index (χ4n) is 4.55. The molecule has 1 aromatic heterocycles. The molecule has 2 fully saturated rings. The molecule has 0 spiro atoms. The molecule has 2 aromatic carbocycles. The first-order valence-corrected chi connectivity index (χ1v) is 13.0. The van der Waals surface area contributed by atoms with Gasteiger partial charge in [-0.1, -0.05) is 6.07 Å². The molecule has 0 atom stereocenters. The van der Waals surface area contributed by atoms with Crippen molar-refractivity contribution in [2.45, 2.75) is 25.9 Å². The van der Waals surface area contributed by atoms with Gasteiger partial charge in [0, 0.05) is 41.8 Å². The molecular formula is C29H33N5O4. The van der Waals surface area contributed by atoms with Crippen LogP contribution in [-0.2, 0) is 4.74 Å². The molecule has 0 radical (unpaired) electrons. The summed E-state index contributed by atoms with van der Waals surface area (Å²) in [5.74, 6) is 1.05. The van der Waals surface area contributed by atoms with Crippen molar-refractivity contribution in [1.29, 1.82) is 0 Å². The molecule has 0 aliphatic carbocycles. The topological polar surface area (TPSA) is 105 Å². The van der Waals surface area contributed by atoms with Crippen molar-refractivity contribution in [2.75, 3.05) is 54.9 Å². The van der Waals surface area contributed by atoms with Crippen molar-refractivity contribution < 1.29 is 19.1 Å². The average Bonchev–Trinajstić information content (AvgIpc) is 2.96. The summed E-state index contributed by atoms with van der Waals surface area (Å²) in [6, 6.07) is 16.1. The van der Waals surface area contributed by atoms with Gasteiger partial charge in [-0.2, -0.15) is 0 Å². The lowest BCUT2D eigenvalue weighted by Gasteiger charge is -2.27. The molecule has 0 saturated carbocycles. The van der Waals surface area contributed by atoms with Crippen molar-refractivity contribution in [3.8, 4) is 5.75 Å². The van der Waals surface area contributed by atoms with Crippen molar-refractivity contribution in [3.05, 3.63) is 77.5 Å². The molecule has 9 heteroatoms. The SMILES string of the molecule is Cc1ccc(NC(=O)c2ccnc(N3CCOCC3)c2)cc1NC(=O)c1ccc(OC2CCNCC2)cc1. The molecule has 0 bridgehead atoms. The fourth-order valence-corrected chi connectivity index (χ4v) is 4.55. The summed E-state index contributed by atoms with van der Waals surface area (Å²) in [6.07, 6.45) is 3.80. The smallest absolute Gasteiger partial charge is 0.255 e. The first-order chi connectivity index (χ1) is 18.5. The van der Waals surface area contributed by atoms with Gasteiger partial charge in [0.15, 0.2) is 0 Å². The number of pyridine rings is 1. The number of ether oxygens (including phenoxy) is 2. The van der Waals surface area contributed by atoms with E-state index in [2.05, 4.69) is 25.8 Å². The molecule has 2 aliphatic rings. The highest BCUT2D eigenvalue weighted by molar-refractivity contribution is 6.07. The highest BCUT2D eigenvalue weighted by Gasteiger charge is 2.17. The maximum atomic E-state index is 13.0. The monoisotopic (exact) mass is 515 g/mol. The van der Waals surface area contributed by atoms with Crippen LogP contribution >= 0.6 is 0 Å². The van der Waals surface area contributed by atoms with E-state index in [0.29, 0.717) is 35.7 Å². The number of piperidine rings is 1. The Morgan fingerprint density at radius 3 is 2.45 bits per heavy atom. The summed E-state index contributed by atoms with van der Waals surface area (Å²) in [6.45, 7) is 6.61. The molecule has 5 rings (SSSR count). The van der Waals surface area contributed by atoms with Gasteiger partial charge in [-0.25, -0.2) is 4.98 Å². The van der Waals surface area contributed by atoms with Crippen molar-refractivity contribution in [1.82, 2.24) is 10.3 Å². The van der Waals surface area contributed by atoms with E-state index in [1.807, 2.05) is 31.2 Å². The molecule has 2 aliphatic heterocycles. The van der Waals surface area contributed by atoms with E-state index in [4.69, 9.17) is 9.47 Å². The van der Waals surface area contributed by atoms with E-state index in [9.17, 15) is 9.59 Å². The second kappa shape index (κ2) is 12.1. The number of benzene rings is 2. The Kier molecular flexibility index (Phi) is 8.15. The standard InChI is InChI=1S/C29H33N5O4/c1-20-2-5-23(32-29(36)22-8-13-31-27(18-22)34-14-16-37-17-15-34)19-26(20)33-28(35)21-3-6-24(7-4-21)38-25-9-11-30-12-10-25/h2-8,13,18-19,25,30H,9-12,14-17H2,1H3,(H,32,36)(H,33,35). The first kappa shape index (κ1) is 25.7. The number of anilines is 3. The Labute approximate surface area is 222 Å². The van der Waals surface area contributed by atoms with Gasteiger partial charge in [0.05, 0.1) is 13.2 Å². The molecule has 3 heterocycles. The number of morpholine rings is 1. The Bertz CT molecular complexity index is 1270. The lowest BCUT2D eigenvalue weighted by Crippen LogP contribution is -2.36. The van der Waals surface area contributed by atoms with Gasteiger partial charge >= 0.3 is 0 Å². The summed E-state index contributed by atoms with van der Waals surface area (Å²) >= 11 is 0. The van der Waals surface area contributed by atoms with Crippen LogP contribution in [0.4, 0.5) is 17.2 Å². The number of carbonyl (C=O) groups is 2. The number of nitrogens with one attached hydrogen (secondary N) is 3. The molecule has 0 unspecified atom stereocenters. The van der Waals surface area contributed by atoms with Crippen LogP contribution in [0.15, 0.2) is 60.8 Å². The van der Waals surface area contributed by atoms with Gasteiger partial charge in [-0.3, -0.25) is 9.59 Å². The van der Waals surface area contributed by atoms with Crippen LogP contribution in [-0.4, -0.2) is 62.3 Å². The summed E-state index contributed by atoms with van der Waals surface area (Å²) < 4.78 is 11.4. The summed E-state index contributed by atoms with van der Waals surface area (Å²) in [7, 11) is 0. The number of aryl methyl sites for hydroxylation is 1. The van der Waals surface area contributed by atoms with Gasteiger partial charge < -0.3 is 30.3 Å². The second-order valence-electron chi connectivity index (χ2n) is 9.53. The van der Waals surface area contributed by atoms with Crippen LogP contribution in [0.2, 0.25) is 0 Å². The zero-order valence-electron chi connectivity index (χ0n) is 21.5. The number of rotatable bonds is 7. The third-order valence-corrected chi connectivity index (χ3v) is 6.79. The second-order valence-corrected chi connectivity index (χ2v) is 9.53. The van der Waals surface area contributed by atoms with E-state index in [-0.39, 0.29) is 17.9 Å². The van der Waals surface area contributed by atoms with Crippen molar-refractivity contribution in [3.63, 3.8) is 0 Å². The molecule has 2 amide bonds. The number of hydrogen-bond donors (Lipinski definition) is 3. The zero-order valence-corrected chi connectivity index (χ0v) is 21.5. The van der Waals surface area contributed by atoms with E-state index in [1.165, 1.54) is 0 Å². The predicted octanol–water partition coefficient (Wildman–Crippen LogP) is 3.86.